The number of pyridine rings is 1. The normalized spacial score (nSPS) is 17.9. The molecule has 20 heavy (non-hydrogen) atoms. The Hall–Kier alpha value is -1.62. The number of carbonyl (C=O) groups is 1. The van der Waals surface area contributed by atoms with Gasteiger partial charge >= 0.3 is 5.97 Å². The quantitative estimate of drug-likeness (QED) is 0.854. The van der Waals surface area contributed by atoms with Crippen LogP contribution in [0.15, 0.2) is 12.1 Å². The molecule has 1 fully saturated rings. The van der Waals surface area contributed by atoms with Crippen molar-refractivity contribution in [2.75, 3.05) is 25.1 Å². The Morgan fingerprint density at radius 1 is 1.45 bits per heavy atom. The van der Waals surface area contributed by atoms with Gasteiger partial charge in [-0.25, -0.2) is 9.78 Å². The number of hydrogen-bond donors (Lipinski definition) is 1. The van der Waals surface area contributed by atoms with E-state index >= 15 is 0 Å². The number of aryl methyl sites for hydroxylation is 1. The smallest absolute Gasteiger partial charge is 0.339 e. The number of aliphatic hydroxyl groups excluding tert-OH is 1. The Balaban J connectivity index is 2.08. The van der Waals surface area contributed by atoms with Crippen LogP contribution < -0.4 is 4.90 Å². The Morgan fingerprint density at radius 3 is 2.60 bits per heavy atom. The minimum absolute atomic E-state index is 0.242. The van der Waals surface area contributed by atoms with Crippen molar-refractivity contribution in [1.82, 2.24) is 4.98 Å². The zero-order valence-electron chi connectivity index (χ0n) is 12.3. The lowest BCUT2D eigenvalue weighted by Crippen LogP contribution is -2.37. The largest absolute Gasteiger partial charge is 0.465 e. The van der Waals surface area contributed by atoms with E-state index in [1.54, 1.807) is 6.07 Å². The van der Waals surface area contributed by atoms with Gasteiger partial charge in [0.25, 0.3) is 0 Å². The van der Waals surface area contributed by atoms with E-state index in [2.05, 4.69) is 9.88 Å². The van der Waals surface area contributed by atoms with Crippen LogP contribution in [0.3, 0.4) is 0 Å². The van der Waals surface area contributed by atoms with Crippen molar-refractivity contribution in [3.63, 3.8) is 0 Å². The van der Waals surface area contributed by atoms with Crippen LogP contribution >= 0.6 is 0 Å². The van der Waals surface area contributed by atoms with Gasteiger partial charge in [-0.05, 0) is 44.7 Å². The minimum atomic E-state index is -0.352. The van der Waals surface area contributed by atoms with Crippen molar-refractivity contribution in [2.24, 2.45) is 5.92 Å². The summed E-state index contributed by atoms with van der Waals surface area (Å²) in [5, 5.41) is 9.62. The number of hydrogen-bond acceptors (Lipinski definition) is 5. The lowest BCUT2D eigenvalue weighted by molar-refractivity contribution is 0.0599. The van der Waals surface area contributed by atoms with E-state index in [1.165, 1.54) is 7.11 Å². The van der Waals surface area contributed by atoms with Crippen molar-refractivity contribution in [2.45, 2.75) is 32.8 Å². The summed E-state index contributed by atoms with van der Waals surface area (Å²) in [5.41, 5.74) is 1.20. The van der Waals surface area contributed by atoms with Gasteiger partial charge in [0.15, 0.2) is 0 Å². The van der Waals surface area contributed by atoms with Gasteiger partial charge in [-0.1, -0.05) is 0 Å². The van der Waals surface area contributed by atoms with Gasteiger partial charge in [-0.15, -0.1) is 0 Å². The third kappa shape index (κ3) is 3.10. The summed E-state index contributed by atoms with van der Waals surface area (Å²) in [7, 11) is 1.37. The minimum Gasteiger partial charge on any atom is -0.465 e. The number of rotatable bonds is 3. The molecule has 1 unspecified atom stereocenters. The van der Waals surface area contributed by atoms with E-state index in [0.717, 1.165) is 31.7 Å². The molecule has 1 aliphatic rings. The van der Waals surface area contributed by atoms with Crippen molar-refractivity contribution >= 4 is 11.8 Å². The number of aromatic nitrogens is 1. The molecule has 0 aromatic carbocycles. The molecule has 1 saturated heterocycles. The van der Waals surface area contributed by atoms with Gasteiger partial charge in [0.2, 0.25) is 0 Å². The zero-order chi connectivity index (χ0) is 14.7. The second-order valence-corrected chi connectivity index (χ2v) is 5.36. The summed E-state index contributed by atoms with van der Waals surface area (Å²) in [6, 6.07) is 3.63. The summed E-state index contributed by atoms with van der Waals surface area (Å²) in [6.45, 7) is 5.45. The number of aliphatic hydroxyl groups is 1. The van der Waals surface area contributed by atoms with E-state index in [4.69, 9.17) is 4.74 Å². The van der Waals surface area contributed by atoms with Gasteiger partial charge in [0, 0.05) is 13.1 Å². The van der Waals surface area contributed by atoms with Gasteiger partial charge in [0.05, 0.1) is 24.5 Å². The van der Waals surface area contributed by atoms with E-state index in [0.29, 0.717) is 17.2 Å². The third-order valence-corrected chi connectivity index (χ3v) is 4.02. The van der Waals surface area contributed by atoms with E-state index < -0.39 is 0 Å². The fourth-order valence-electron chi connectivity index (χ4n) is 2.66. The third-order valence-electron chi connectivity index (χ3n) is 4.02. The fraction of sp³-hybridized carbons (Fsp3) is 0.600. The Labute approximate surface area is 119 Å². The van der Waals surface area contributed by atoms with Crippen LogP contribution in [-0.2, 0) is 4.74 Å². The Morgan fingerprint density at radius 2 is 2.10 bits per heavy atom. The maximum atomic E-state index is 11.5. The predicted molar refractivity (Wildman–Crippen MR) is 76.9 cm³/mol. The fourth-order valence-corrected chi connectivity index (χ4v) is 2.66. The molecule has 0 bridgehead atoms. The number of nitrogens with zero attached hydrogens (tertiary/aromatic N) is 2. The second kappa shape index (κ2) is 6.22. The lowest BCUT2D eigenvalue weighted by Gasteiger charge is -2.34. The van der Waals surface area contributed by atoms with Crippen LogP contribution in [0.5, 0.6) is 0 Å². The Bertz CT molecular complexity index is 480. The molecule has 1 atom stereocenters. The molecule has 2 heterocycles. The monoisotopic (exact) mass is 278 g/mol. The maximum Gasteiger partial charge on any atom is 0.339 e. The molecule has 1 aromatic heterocycles. The van der Waals surface area contributed by atoms with E-state index in [1.807, 2.05) is 19.9 Å². The van der Waals surface area contributed by atoms with Crippen LogP contribution in [-0.4, -0.2) is 42.4 Å². The first-order valence-corrected chi connectivity index (χ1v) is 7.02. The topological polar surface area (TPSA) is 62.7 Å². The van der Waals surface area contributed by atoms with Crippen molar-refractivity contribution < 1.29 is 14.6 Å². The van der Waals surface area contributed by atoms with Crippen LogP contribution in [0.25, 0.3) is 0 Å². The number of piperidine rings is 1. The molecule has 0 aliphatic carbocycles. The van der Waals surface area contributed by atoms with Gasteiger partial charge in [0.1, 0.15) is 5.82 Å². The number of methoxy groups -OCH3 is 1. The molecule has 0 spiro atoms. The summed E-state index contributed by atoms with van der Waals surface area (Å²) in [5.74, 6) is 0.912. The van der Waals surface area contributed by atoms with Crippen molar-refractivity contribution in [1.29, 1.82) is 0 Å². The highest BCUT2D eigenvalue weighted by molar-refractivity contribution is 5.90. The molecule has 0 radical (unpaired) electrons. The van der Waals surface area contributed by atoms with E-state index in [-0.39, 0.29) is 12.1 Å². The molecule has 1 N–H and O–H groups in total. The van der Waals surface area contributed by atoms with Gasteiger partial charge in [-0.3, -0.25) is 0 Å². The first-order chi connectivity index (χ1) is 9.52. The zero-order valence-corrected chi connectivity index (χ0v) is 12.3. The van der Waals surface area contributed by atoms with Crippen LogP contribution in [0.4, 0.5) is 5.82 Å². The molecule has 1 aromatic rings. The molecule has 5 nitrogen and oxygen atoms in total. The molecule has 1 aliphatic heterocycles. The molecule has 0 saturated carbocycles. The highest BCUT2D eigenvalue weighted by atomic mass is 16.5. The predicted octanol–water partition coefficient (Wildman–Crippen LogP) is 1.77. The number of carbonyl (C=O) groups excluding carboxylic acids is 1. The molecule has 5 heteroatoms. The van der Waals surface area contributed by atoms with Gasteiger partial charge in [-0.2, -0.15) is 0 Å². The number of anilines is 1. The molecule has 2 rings (SSSR count). The highest BCUT2D eigenvalue weighted by Crippen LogP contribution is 2.25. The molecule has 110 valence electrons. The van der Waals surface area contributed by atoms with E-state index in [9.17, 15) is 9.90 Å². The average Bonchev–Trinajstić information content (AvgIpc) is 2.46. The van der Waals surface area contributed by atoms with Crippen molar-refractivity contribution in [3.8, 4) is 0 Å². The van der Waals surface area contributed by atoms with Crippen LogP contribution in [0.1, 0.15) is 35.8 Å². The highest BCUT2D eigenvalue weighted by Gasteiger charge is 2.23. The summed E-state index contributed by atoms with van der Waals surface area (Å²) in [6.07, 6.45) is 1.70. The average molecular weight is 278 g/mol. The second-order valence-electron chi connectivity index (χ2n) is 5.36. The van der Waals surface area contributed by atoms with Crippen LogP contribution in [0, 0.1) is 12.8 Å². The van der Waals surface area contributed by atoms with Crippen molar-refractivity contribution in [3.05, 3.63) is 23.4 Å². The summed E-state index contributed by atoms with van der Waals surface area (Å²) >= 11 is 0. The SMILES string of the molecule is COC(=O)c1ccc(N2CCC(C(C)O)CC2)nc1C. The Kier molecular flexibility index (Phi) is 4.60. The first-order valence-electron chi connectivity index (χ1n) is 7.02. The lowest BCUT2D eigenvalue weighted by atomic mass is 9.92. The number of ether oxygens (including phenoxy) is 1. The van der Waals surface area contributed by atoms with Gasteiger partial charge < -0.3 is 14.7 Å². The molecular formula is C15H22N2O3. The standard InChI is InChI=1S/C15H22N2O3/c1-10-13(15(19)20-3)4-5-14(16-10)17-8-6-12(7-9-17)11(2)18/h4-5,11-12,18H,6-9H2,1-3H3. The van der Waals surface area contributed by atoms with Crippen LogP contribution in [0.2, 0.25) is 0 Å². The molecular weight excluding hydrogens is 256 g/mol. The summed E-state index contributed by atoms with van der Waals surface area (Å²) in [4.78, 5) is 18.2. The first kappa shape index (κ1) is 14.8. The summed E-state index contributed by atoms with van der Waals surface area (Å²) < 4.78 is 4.72. The maximum absolute atomic E-state index is 11.5. The number of esters is 1. The molecule has 0 amide bonds.